The molecule has 1 saturated carbocycles. The van der Waals surface area contributed by atoms with Gasteiger partial charge in [0.15, 0.2) is 0 Å². The SMILES string of the molecule is O=C(NC1CCCCC1)N1CCC(COc2ccccc2)CC1. The molecular formula is C19H28N2O2. The van der Waals surface area contributed by atoms with Crippen LogP contribution in [0.2, 0.25) is 0 Å². The number of urea groups is 1. The summed E-state index contributed by atoms with van der Waals surface area (Å²) in [5, 5.41) is 3.22. The number of carbonyl (C=O) groups excluding carboxylic acids is 1. The molecule has 4 heteroatoms. The van der Waals surface area contributed by atoms with Gasteiger partial charge in [0.05, 0.1) is 6.61 Å². The number of amides is 2. The van der Waals surface area contributed by atoms with E-state index in [2.05, 4.69) is 5.32 Å². The maximum atomic E-state index is 12.3. The molecule has 3 rings (SSSR count). The van der Waals surface area contributed by atoms with Gasteiger partial charge in [-0.05, 0) is 43.7 Å². The molecule has 1 saturated heterocycles. The zero-order valence-electron chi connectivity index (χ0n) is 13.9. The Morgan fingerprint density at radius 1 is 1.04 bits per heavy atom. The van der Waals surface area contributed by atoms with Crippen molar-refractivity contribution in [2.45, 2.75) is 51.0 Å². The third-order valence-electron chi connectivity index (χ3n) is 5.06. The number of para-hydroxylation sites is 1. The number of ether oxygens (including phenoxy) is 1. The summed E-state index contributed by atoms with van der Waals surface area (Å²) >= 11 is 0. The molecule has 1 aliphatic carbocycles. The summed E-state index contributed by atoms with van der Waals surface area (Å²) in [4.78, 5) is 14.3. The Hall–Kier alpha value is -1.71. The summed E-state index contributed by atoms with van der Waals surface area (Å²) in [6.45, 7) is 2.45. The molecule has 0 spiro atoms. The number of nitrogens with one attached hydrogen (secondary N) is 1. The third-order valence-corrected chi connectivity index (χ3v) is 5.06. The van der Waals surface area contributed by atoms with Gasteiger partial charge in [-0.25, -0.2) is 4.79 Å². The zero-order valence-corrected chi connectivity index (χ0v) is 13.9. The van der Waals surface area contributed by atoms with Crippen LogP contribution in [0.25, 0.3) is 0 Å². The van der Waals surface area contributed by atoms with Crippen molar-refractivity contribution in [2.24, 2.45) is 5.92 Å². The third kappa shape index (κ3) is 4.88. The predicted octanol–water partition coefficient (Wildman–Crippen LogP) is 3.82. The summed E-state index contributed by atoms with van der Waals surface area (Å²) in [5.41, 5.74) is 0. The number of likely N-dealkylation sites (tertiary alicyclic amines) is 1. The van der Waals surface area contributed by atoms with Crippen LogP contribution in [0.3, 0.4) is 0 Å². The Morgan fingerprint density at radius 2 is 1.74 bits per heavy atom. The summed E-state index contributed by atoms with van der Waals surface area (Å²) in [5.74, 6) is 1.49. The minimum Gasteiger partial charge on any atom is -0.493 e. The molecule has 0 bridgehead atoms. The van der Waals surface area contributed by atoms with Crippen LogP contribution in [0, 0.1) is 5.92 Å². The molecule has 1 aromatic carbocycles. The second-order valence-electron chi connectivity index (χ2n) is 6.84. The monoisotopic (exact) mass is 316 g/mol. The first kappa shape index (κ1) is 16.2. The molecule has 1 N–H and O–H groups in total. The first-order chi connectivity index (χ1) is 11.3. The number of benzene rings is 1. The molecule has 2 amide bonds. The Morgan fingerprint density at radius 3 is 2.43 bits per heavy atom. The van der Waals surface area contributed by atoms with Crippen LogP contribution in [-0.4, -0.2) is 36.7 Å². The van der Waals surface area contributed by atoms with Crippen LogP contribution >= 0.6 is 0 Å². The highest BCUT2D eigenvalue weighted by Gasteiger charge is 2.25. The van der Waals surface area contributed by atoms with Gasteiger partial charge < -0.3 is 15.0 Å². The van der Waals surface area contributed by atoms with Gasteiger partial charge in [-0.15, -0.1) is 0 Å². The minimum absolute atomic E-state index is 0.138. The average molecular weight is 316 g/mol. The number of piperidine rings is 1. The van der Waals surface area contributed by atoms with E-state index in [9.17, 15) is 4.79 Å². The van der Waals surface area contributed by atoms with Crippen LogP contribution in [0.4, 0.5) is 4.79 Å². The topological polar surface area (TPSA) is 41.6 Å². The lowest BCUT2D eigenvalue weighted by molar-refractivity contribution is 0.141. The molecule has 2 aliphatic rings. The van der Waals surface area contributed by atoms with Gasteiger partial charge in [-0.2, -0.15) is 0 Å². The molecule has 2 fully saturated rings. The van der Waals surface area contributed by atoms with E-state index in [0.717, 1.165) is 51.1 Å². The smallest absolute Gasteiger partial charge is 0.317 e. The first-order valence-corrected chi connectivity index (χ1v) is 9.04. The number of rotatable bonds is 4. The molecular weight excluding hydrogens is 288 g/mol. The predicted molar refractivity (Wildman–Crippen MR) is 91.6 cm³/mol. The van der Waals surface area contributed by atoms with Gasteiger partial charge in [0.25, 0.3) is 0 Å². The van der Waals surface area contributed by atoms with Crippen molar-refractivity contribution in [2.75, 3.05) is 19.7 Å². The van der Waals surface area contributed by atoms with Crippen molar-refractivity contribution >= 4 is 6.03 Å². The number of hydrogen-bond donors (Lipinski definition) is 1. The number of hydrogen-bond acceptors (Lipinski definition) is 2. The van der Waals surface area contributed by atoms with E-state index in [1.165, 1.54) is 19.3 Å². The van der Waals surface area contributed by atoms with Crippen LogP contribution in [-0.2, 0) is 0 Å². The van der Waals surface area contributed by atoms with Crippen molar-refractivity contribution in [3.8, 4) is 5.75 Å². The van der Waals surface area contributed by atoms with Crippen molar-refractivity contribution in [1.82, 2.24) is 10.2 Å². The lowest BCUT2D eigenvalue weighted by Crippen LogP contribution is -2.48. The largest absolute Gasteiger partial charge is 0.493 e. The standard InChI is InChI=1S/C19H28N2O2/c22-19(20-17-7-3-1-4-8-17)21-13-11-16(12-14-21)15-23-18-9-5-2-6-10-18/h2,5-6,9-10,16-17H,1,3-4,7-8,11-15H2,(H,20,22). The second-order valence-corrected chi connectivity index (χ2v) is 6.84. The van der Waals surface area contributed by atoms with Crippen LogP contribution in [0.15, 0.2) is 30.3 Å². The van der Waals surface area contributed by atoms with E-state index >= 15 is 0 Å². The second kappa shape index (κ2) is 8.23. The van der Waals surface area contributed by atoms with Crippen LogP contribution in [0.1, 0.15) is 44.9 Å². The zero-order chi connectivity index (χ0) is 15.9. The normalized spacial score (nSPS) is 20.3. The maximum Gasteiger partial charge on any atom is 0.317 e. The molecule has 1 aliphatic heterocycles. The van der Waals surface area contributed by atoms with Crippen molar-refractivity contribution in [1.29, 1.82) is 0 Å². The lowest BCUT2D eigenvalue weighted by Gasteiger charge is -2.33. The fraction of sp³-hybridized carbons (Fsp3) is 0.632. The highest BCUT2D eigenvalue weighted by atomic mass is 16.5. The summed E-state index contributed by atoms with van der Waals surface area (Å²) in [6.07, 6.45) is 8.18. The fourth-order valence-corrected chi connectivity index (χ4v) is 3.55. The average Bonchev–Trinajstić information content (AvgIpc) is 2.62. The van der Waals surface area contributed by atoms with Crippen molar-refractivity contribution in [3.05, 3.63) is 30.3 Å². The van der Waals surface area contributed by atoms with Gasteiger partial charge in [0.2, 0.25) is 0 Å². The molecule has 0 unspecified atom stereocenters. The number of carbonyl (C=O) groups is 1. The van der Waals surface area contributed by atoms with E-state index in [4.69, 9.17) is 4.74 Å². The van der Waals surface area contributed by atoms with Gasteiger partial charge in [0.1, 0.15) is 5.75 Å². The molecule has 1 heterocycles. The van der Waals surface area contributed by atoms with Crippen LogP contribution in [0.5, 0.6) is 5.75 Å². The summed E-state index contributed by atoms with van der Waals surface area (Å²) < 4.78 is 5.84. The Balaban J connectivity index is 1.37. The van der Waals surface area contributed by atoms with E-state index < -0.39 is 0 Å². The van der Waals surface area contributed by atoms with Gasteiger partial charge in [-0.1, -0.05) is 37.5 Å². The number of nitrogens with zero attached hydrogens (tertiary/aromatic N) is 1. The molecule has 4 nitrogen and oxygen atoms in total. The highest BCUT2D eigenvalue weighted by Crippen LogP contribution is 2.21. The Kier molecular flexibility index (Phi) is 5.78. The van der Waals surface area contributed by atoms with Gasteiger partial charge in [-0.3, -0.25) is 0 Å². The van der Waals surface area contributed by atoms with Crippen molar-refractivity contribution < 1.29 is 9.53 Å². The Bertz CT molecular complexity index is 477. The molecule has 0 radical (unpaired) electrons. The Labute approximate surface area is 139 Å². The van der Waals surface area contributed by atoms with Gasteiger partial charge >= 0.3 is 6.03 Å². The fourth-order valence-electron chi connectivity index (χ4n) is 3.55. The summed E-state index contributed by atoms with van der Waals surface area (Å²) in [7, 11) is 0. The highest BCUT2D eigenvalue weighted by molar-refractivity contribution is 5.74. The van der Waals surface area contributed by atoms with E-state index in [0.29, 0.717) is 12.0 Å². The maximum absolute atomic E-state index is 12.3. The van der Waals surface area contributed by atoms with E-state index in [1.54, 1.807) is 0 Å². The molecule has 23 heavy (non-hydrogen) atoms. The van der Waals surface area contributed by atoms with E-state index in [1.807, 2.05) is 35.2 Å². The first-order valence-electron chi connectivity index (χ1n) is 9.04. The lowest BCUT2D eigenvalue weighted by atomic mass is 9.95. The minimum atomic E-state index is 0.138. The molecule has 0 atom stereocenters. The van der Waals surface area contributed by atoms with Crippen molar-refractivity contribution in [3.63, 3.8) is 0 Å². The molecule has 126 valence electrons. The molecule has 0 aromatic heterocycles. The summed E-state index contributed by atoms with van der Waals surface area (Å²) in [6, 6.07) is 10.5. The molecule has 1 aromatic rings. The van der Waals surface area contributed by atoms with Gasteiger partial charge in [0, 0.05) is 19.1 Å². The quantitative estimate of drug-likeness (QED) is 0.917. The van der Waals surface area contributed by atoms with Crippen LogP contribution < -0.4 is 10.1 Å². The van der Waals surface area contributed by atoms with E-state index in [-0.39, 0.29) is 6.03 Å².